The predicted octanol–water partition coefficient (Wildman–Crippen LogP) is 0.911. The Bertz CT molecular complexity index is 311. The van der Waals surface area contributed by atoms with Crippen molar-refractivity contribution >= 4 is 17.5 Å². The lowest BCUT2D eigenvalue weighted by atomic mass is 10.2. The van der Waals surface area contributed by atoms with E-state index in [4.69, 9.17) is 11.6 Å². The van der Waals surface area contributed by atoms with Gasteiger partial charge in [-0.15, -0.1) is 11.6 Å². The van der Waals surface area contributed by atoms with Crippen LogP contribution in [-0.4, -0.2) is 21.6 Å². The Morgan fingerprint density at radius 2 is 2.50 bits per heavy atom. The quantitative estimate of drug-likeness (QED) is 0.759. The van der Waals surface area contributed by atoms with Crippen LogP contribution in [0.15, 0.2) is 12.3 Å². The molecule has 14 heavy (non-hydrogen) atoms. The SMILES string of the molecule is CC(CCl)C(=O)NCc1ccnn1C. The lowest BCUT2D eigenvalue weighted by Crippen LogP contribution is -2.30. The number of carbonyl (C=O) groups excluding carboxylic acids is 1. The number of hydrogen-bond donors (Lipinski definition) is 1. The van der Waals surface area contributed by atoms with Crippen molar-refractivity contribution < 1.29 is 4.79 Å². The average Bonchev–Trinajstić information content (AvgIpc) is 2.59. The van der Waals surface area contributed by atoms with E-state index in [0.29, 0.717) is 12.4 Å². The fourth-order valence-electron chi connectivity index (χ4n) is 0.997. The van der Waals surface area contributed by atoms with Gasteiger partial charge in [-0.3, -0.25) is 9.48 Å². The summed E-state index contributed by atoms with van der Waals surface area (Å²) in [4.78, 5) is 11.4. The number of nitrogens with one attached hydrogen (secondary N) is 1. The van der Waals surface area contributed by atoms with Crippen molar-refractivity contribution in [2.75, 3.05) is 5.88 Å². The number of rotatable bonds is 4. The third-order valence-electron chi connectivity index (χ3n) is 2.05. The average molecular weight is 216 g/mol. The van der Waals surface area contributed by atoms with Crippen molar-refractivity contribution in [1.29, 1.82) is 0 Å². The summed E-state index contributed by atoms with van der Waals surface area (Å²) in [6.45, 7) is 2.29. The maximum atomic E-state index is 11.4. The van der Waals surface area contributed by atoms with Crippen LogP contribution in [0, 0.1) is 5.92 Å². The van der Waals surface area contributed by atoms with E-state index in [-0.39, 0.29) is 11.8 Å². The Morgan fingerprint density at radius 3 is 3.00 bits per heavy atom. The van der Waals surface area contributed by atoms with Crippen molar-refractivity contribution in [2.24, 2.45) is 13.0 Å². The van der Waals surface area contributed by atoms with Crippen LogP contribution in [0.25, 0.3) is 0 Å². The topological polar surface area (TPSA) is 46.9 Å². The van der Waals surface area contributed by atoms with Crippen molar-refractivity contribution in [3.05, 3.63) is 18.0 Å². The summed E-state index contributed by atoms with van der Waals surface area (Å²) in [6, 6.07) is 1.87. The summed E-state index contributed by atoms with van der Waals surface area (Å²) in [5.74, 6) is 0.170. The van der Waals surface area contributed by atoms with Crippen LogP contribution in [0.1, 0.15) is 12.6 Å². The molecule has 0 radical (unpaired) electrons. The highest BCUT2D eigenvalue weighted by atomic mass is 35.5. The van der Waals surface area contributed by atoms with Crippen molar-refractivity contribution in [1.82, 2.24) is 15.1 Å². The Kier molecular flexibility index (Phi) is 3.95. The third-order valence-corrected chi connectivity index (χ3v) is 2.51. The van der Waals surface area contributed by atoms with Gasteiger partial charge in [-0.05, 0) is 6.07 Å². The second kappa shape index (κ2) is 5.00. The first kappa shape index (κ1) is 11.0. The lowest BCUT2D eigenvalue weighted by Gasteiger charge is -2.08. The molecule has 78 valence electrons. The monoisotopic (exact) mass is 215 g/mol. The highest BCUT2D eigenvalue weighted by Crippen LogP contribution is 2.00. The van der Waals surface area contributed by atoms with Crippen molar-refractivity contribution in [3.8, 4) is 0 Å². The minimum Gasteiger partial charge on any atom is -0.350 e. The molecule has 0 saturated heterocycles. The molecule has 1 N–H and O–H groups in total. The molecule has 1 aromatic rings. The molecular formula is C9H14ClN3O. The van der Waals surface area contributed by atoms with Gasteiger partial charge in [0.1, 0.15) is 0 Å². The number of hydrogen-bond acceptors (Lipinski definition) is 2. The molecule has 1 unspecified atom stereocenters. The third kappa shape index (κ3) is 2.73. The number of carbonyl (C=O) groups is 1. The number of alkyl halides is 1. The molecular weight excluding hydrogens is 202 g/mol. The first-order chi connectivity index (χ1) is 6.65. The van der Waals surface area contributed by atoms with Gasteiger partial charge >= 0.3 is 0 Å². The summed E-state index contributed by atoms with van der Waals surface area (Å²) in [7, 11) is 1.84. The zero-order chi connectivity index (χ0) is 10.6. The van der Waals surface area contributed by atoms with Crippen LogP contribution in [0.3, 0.4) is 0 Å². The molecule has 0 fully saturated rings. The number of amides is 1. The van der Waals surface area contributed by atoms with Crippen LogP contribution >= 0.6 is 11.6 Å². The highest BCUT2D eigenvalue weighted by molar-refractivity contribution is 6.19. The fraction of sp³-hybridized carbons (Fsp3) is 0.556. The van der Waals surface area contributed by atoms with E-state index in [1.165, 1.54) is 0 Å². The Balaban J connectivity index is 2.41. The second-order valence-electron chi connectivity index (χ2n) is 3.22. The fourth-order valence-corrected chi connectivity index (χ4v) is 1.14. The van der Waals surface area contributed by atoms with Crippen LogP contribution in [-0.2, 0) is 18.4 Å². The first-order valence-electron chi connectivity index (χ1n) is 4.45. The summed E-state index contributed by atoms with van der Waals surface area (Å²) < 4.78 is 1.73. The van der Waals surface area contributed by atoms with Crippen LogP contribution in [0.2, 0.25) is 0 Å². The van der Waals surface area contributed by atoms with Crippen molar-refractivity contribution in [3.63, 3.8) is 0 Å². The Morgan fingerprint density at radius 1 is 1.79 bits per heavy atom. The zero-order valence-corrected chi connectivity index (χ0v) is 9.08. The van der Waals surface area contributed by atoms with Gasteiger partial charge in [0.15, 0.2) is 0 Å². The largest absolute Gasteiger partial charge is 0.350 e. The summed E-state index contributed by atoms with van der Waals surface area (Å²) in [5.41, 5.74) is 0.972. The Hall–Kier alpha value is -1.03. The first-order valence-corrected chi connectivity index (χ1v) is 4.99. The maximum Gasteiger partial charge on any atom is 0.224 e. The molecule has 0 aromatic carbocycles. The van der Waals surface area contributed by atoms with E-state index < -0.39 is 0 Å². The molecule has 0 bridgehead atoms. The zero-order valence-electron chi connectivity index (χ0n) is 8.33. The van der Waals surface area contributed by atoms with Gasteiger partial charge < -0.3 is 5.32 Å². The minimum absolute atomic E-state index is 0.0267. The van der Waals surface area contributed by atoms with Gasteiger partial charge in [-0.2, -0.15) is 5.10 Å². The van der Waals surface area contributed by atoms with Gasteiger partial charge in [-0.1, -0.05) is 6.92 Å². The van der Waals surface area contributed by atoms with E-state index in [2.05, 4.69) is 10.4 Å². The molecule has 1 rings (SSSR count). The van der Waals surface area contributed by atoms with E-state index in [9.17, 15) is 4.79 Å². The van der Waals surface area contributed by atoms with Gasteiger partial charge in [0.05, 0.1) is 12.2 Å². The number of nitrogens with zero attached hydrogens (tertiary/aromatic N) is 2. The number of aromatic nitrogens is 2. The Labute approximate surface area is 88.2 Å². The molecule has 0 aliphatic heterocycles. The van der Waals surface area contributed by atoms with E-state index >= 15 is 0 Å². The maximum absolute atomic E-state index is 11.4. The molecule has 1 heterocycles. The normalized spacial score (nSPS) is 12.5. The molecule has 0 aliphatic rings. The van der Waals surface area contributed by atoms with E-state index in [1.54, 1.807) is 17.8 Å². The van der Waals surface area contributed by atoms with Gasteiger partial charge in [0.25, 0.3) is 0 Å². The lowest BCUT2D eigenvalue weighted by molar-refractivity contribution is -0.124. The van der Waals surface area contributed by atoms with Gasteiger partial charge in [0.2, 0.25) is 5.91 Å². The minimum atomic E-state index is -0.148. The smallest absolute Gasteiger partial charge is 0.224 e. The molecule has 4 nitrogen and oxygen atoms in total. The van der Waals surface area contributed by atoms with E-state index in [0.717, 1.165) is 5.69 Å². The standard InChI is InChI=1S/C9H14ClN3O/c1-7(5-10)9(14)11-6-8-3-4-12-13(8)2/h3-4,7H,5-6H2,1-2H3,(H,11,14). The summed E-state index contributed by atoms with van der Waals surface area (Å²) in [6.07, 6.45) is 1.70. The number of halogens is 1. The van der Waals surface area contributed by atoms with Gasteiger partial charge in [0, 0.05) is 25.0 Å². The molecule has 1 atom stereocenters. The molecule has 5 heteroatoms. The molecule has 1 aromatic heterocycles. The van der Waals surface area contributed by atoms with Crippen molar-refractivity contribution in [2.45, 2.75) is 13.5 Å². The van der Waals surface area contributed by atoms with Crippen LogP contribution in [0.4, 0.5) is 0 Å². The second-order valence-corrected chi connectivity index (χ2v) is 3.53. The predicted molar refractivity (Wildman–Crippen MR) is 54.9 cm³/mol. The molecule has 0 spiro atoms. The van der Waals surface area contributed by atoms with Gasteiger partial charge in [-0.25, -0.2) is 0 Å². The summed E-state index contributed by atoms with van der Waals surface area (Å²) in [5, 5.41) is 6.79. The molecule has 0 aliphatic carbocycles. The van der Waals surface area contributed by atoms with Crippen LogP contribution in [0.5, 0.6) is 0 Å². The summed E-state index contributed by atoms with van der Waals surface area (Å²) >= 11 is 5.56. The molecule has 1 amide bonds. The highest BCUT2D eigenvalue weighted by Gasteiger charge is 2.11. The van der Waals surface area contributed by atoms with Crippen LogP contribution < -0.4 is 5.32 Å². The molecule has 0 saturated carbocycles. The van der Waals surface area contributed by atoms with E-state index in [1.807, 2.05) is 13.1 Å². The number of aryl methyl sites for hydroxylation is 1.